The average molecular weight is 436 g/mol. The highest BCUT2D eigenvalue weighted by molar-refractivity contribution is 6.09. The van der Waals surface area contributed by atoms with E-state index >= 15 is 0 Å². The van der Waals surface area contributed by atoms with Gasteiger partial charge in [0.1, 0.15) is 17.3 Å². The third-order valence-electron chi connectivity index (χ3n) is 4.57. The van der Waals surface area contributed by atoms with Gasteiger partial charge in [-0.25, -0.2) is 9.18 Å². The van der Waals surface area contributed by atoms with Gasteiger partial charge in [0.15, 0.2) is 17.3 Å². The SMILES string of the molecule is COc1ccc(C(=O)Oc2ccc(F)cc2C(=O)C=Cc2ccc(OC)c(OC)c2)cc1. The Morgan fingerprint density at radius 3 is 2.12 bits per heavy atom. The van der Waals surface area contributed by atoms with Crippen molar-refractivity contribution in [1.82, 2.24) is 0 Å². The molecular weight excluding hydrogens is 415 g/mol. The second-order valence-electron chi connectivity index (χ2n) is 6.57. The van der Waals surface area contributed by atoms with E-state index in [1.165, 1.54) is 45.6 Å². The topological polar surface area (TPSA) is 71.1 Å². The molecule has 7 heteroatoms. The number of hydrogen-bond acceptors (Lipinski definition) is 6. The molecule has 0 amide bonds. The van der Waals surface area contributed by atoms with Crippen LogP contribution in [0.4, 0.5) is 4.39 Å². The van der Waals surface area contributed by atoms with E-state index in [1.54, 1.807) is 36.4 Å². The lowest BCUT2D eigenvalue weighted by molar-refractivity contribution is 0.0733. The first kappa shape index (κ1) is 22.6. The van der Waals surface area contributed by atoms with Gasteiger partial charge in [-0.05, 0) is 66.2 Å². The molecule has 3 rings (SSSR count). The molecule has 32 heavy (non-hydrogen) atoms. The normalized spacial score (nSPS) is 10.6. The molecular formula is C25H21FO6. The molecule has 0 saturated carbocycles. The molecule has 0 aliphatic rings. The Kier molecular flexibility index (Phi) is 7.23. The van der Waals surface area contributed by atoms with Crippen molar-refractivity contribution in [1.29, 1.82) is 0 Å². The van der Waals surface area contributed by atoms with Crippen LogP contribution in [-0.2, 0) is 0 Å². The van der Waals surface area contributed by atoms with Crippen LogP contribution in [0.25, 0.3) is 6.08 Å². The van der Waals surface area contributed by atoms with E-state index in [-0.39, 0.29) is 16.9 Å². The zero-order chi connectivity index (χ0) is 23.1. The summed E-state index contributed by atoms with van der Waals surface area (Å²) in [5.74, 6) is -0.254. The van der Waals surface area contributed by atoms with Crippen LogP contribution in [0, 0.1) is 5.82 Å². The Balaban J connectivity index is 1.83. The van der Waals surface area contributed by atoms with E-state index in [4.69, 9.17) is 18.9 Å². The molecule has 0 bridgehead atoms. The molecule has 0 N–H and O–H groups in total. The van der Waals surface area contributed by atoms with Crippen molar-refractivity contribution in [3.8, 4) is 23.0 Å². The lowest BCUT2D eigenvalue weighted by Gasteiger charge is -2.09. The van der Waals surface area contributed by atoms with E-state index in [0.29, 0.717) is 22.8 Å². The largest absolute Gasteiger partial charge is 0.497 e. The minimum atomic E-state index is -0.683. The molecule has 0 heterocycles. The molecule has 0 spiro atoms. The number of allylic oxidation sites excluding steroid dienone is 1. The Hall–Kier alpha value is -4.13. The summed E-state index contributed by atoms with van der Waals surface area (Å²) in [6.07, 6.45) is 2.81. The van der Waals surface area contributed by atoms with Crippen LogP contribution in [-0.4, -0.2) is 33.1 Å². The first-order valence-electron chi connectivity index (χ1n) is 9.55. The maximum atomic E-state index is 13.8. The third kappa shape index (κ3) is 5.31. The fraction of sp³-hybridized carbons (Fsp3) is 0.120. The maximum absolute atomic E-state index is 13.8. The van der Waals surface area contributed by atoms with Crippen molar-refractivity contribution in [2.75, 3.05) is 21.3 Å². The third-order valence-corrected chi connectivity index (χ3v) is 4.57. The second kappa shape index (κ2) is 10.3. The minimum Gasteiger partial charge on any atom is -0.497 e. The van der Waals surface area contributed by atoms with E-state index < -0.39 is 17.6 Å². The van der Waals surface area contributed by atoms with Crippen LogP contribution in [0.1, 0.15) is 26.3 Å². The van der Waals surface area contributed by atoms with Gasteiger partial charge in [-0.15, -0.1) is 0 Å². The summed E-state index contributed by atoms with van der Waals surface area (Å²) in [7, 11) is 4.54. The summed E-state index contributed by atoms with van der Waals surface area (Å²) >= 11 is 0. The molecule has 0 aliphatic heterocycles. The lowest BCUT2D eigenvalue weighted by Crippen LogP contribution is -2.11. The number of rotatable bonds is 8. The van der Waals surface area contributed by atoms with Gasteiger partial charge in [-0.3, -0.25) is 4.79 Å². The molecule has 0 aromatic heterocycles. The standard InChI is InChI=1S/C25H21FO6/c1-29-19-9-6-17(7-10-19)25(28)32-22-13-8-18(26)15-20(22)21(27)11-4-16-5-12-23(30-2)24(14-16)31-3/h4-15H,1-3H3. The maximum Gasteiger partial charge on any atom is 0.343 e. The molecule has 0 saturated heterocycles. The predicted molar refractivity (Wildman–Crippen MR) is 117 cm³/mol. The average Bonchev–Trinajstić information content (AvgIpc) is 2.83. The van der Waals surface area contributed by atoms with Gasteiger partial charge in [0.25, 0.3) is 0 Å². The van der Waals surface area contributed by atoms with Crippen LogP contribution in [0.3, 0.4) is 0 Å². The molecule has 6 nitrogen and oxygen atoms in total. The summed E-state index contributed by atoms with van der Waals surface area (Å²) in [5.41, 5.74) is 0.849. The van der Waals surface area contributed by atoms with Crippen molar-refractivity contribution in [2.45, 2.75) is 0 Å². The number of benzene rings is 3. The zero-order valence-corrected chi connectivity index (χ0v) is 17.8. The van der Waals surface area contributed by atoms with Gasteiger partial charge < -0.3 is 18.9 Å². The van der Waals surface area contributed by atoms with Crippen molar-refractivity contribution in [2.24, 2.45) is 0 Å². The minimum absolute atomic E-state index is 0.0471. The van der Waals surface area contributed by atoms with Gasteiger partial charge in [0.2, 0.25) is 0 Å². The Labute approximate surface area is 184 Å². The van der Waals surface area contributed by atoms with E-state index in [9.17, 15) is 14.0 Å². The number of esters is 1. The quantitative estimate of drug-likeness (QED) is 0.215. The number of hydrogen-bond donors (Lipinski definition) is 0. The summed E-state index contributed by atoms with van der Waals surface area (Å²) in [4.78, 5) is 25.2. The van der Waals surface area contributed by atoms with Crippen LogP contribution < -0.4 is 18.9 Å². The molecule has 0 radical (unpaired) electrons. The Bertz CT molecular complexity index is 1150. The fourth-order valence-corrected chi connectivity index (χ4v) is 2.89. The fourth-order valence-electron chi connectivity index (χ4n) is 2.89. The highest BCUT2D eigenvalue weighted by Gasteiger charge is 2.16. The Morgan fingerprint density at radius 1 is 0.781 bits per heavy atom. The highest BCUT2D eigenvalue weighted by Crippen LogP contribution is 2.28. The summed E-state index contributed by atoms with van der Waals surface area (Å²) < 4.78 is 34.7. The first-order chi connectivity index (χ1) is 15.4. The highest BCUT2D eigenvalue weighted by atomic mass is 19.1. The summed E-state index contributed by atoms with van der Waals surface area (Å²) in [6, 6.07) is 14.8. The number of carbonyl (C=O) groups excluding carboxylic acids is 2. The summed E-state index contributed by atoms with van der Waals surface area (Å²) in [5, 5.41) is 0. The van der Waals surface area contributed by atoms with Crippen molar-refractivity contribution in [3.63, 3.8) is 0 Å². The number of ketones is 1. The molecule has 0 aliphatic carbocycles. The molecule has 0 fully saturated rings. The Morgan fingerprint density at radius 2 is 1.47 bits per heavy atom. The number of carbonyl (C=O) groups is 2. The molecule has 3 aromatic rings. The van der Waals surface area contributed by atoms with Gasteiger partial charge in [0.05, 0.1) is 32.5 Å². The van der Waals surface area contributed by atoms with Crippen molar-refractivity contribution >= 4 is 17.8 Å². The van der Waals surface area contributed by atoms with E-state index in [1.807, 2.05) is 0 Å². The second-order valence-corrected chi connectivity index (χ2v) is 6.57. The molecule has 0 atom stereocenters. The smallest absolute Gasteiger partial charge is 0.343 e. The van der Waals surface area contributed by atoms with Crippen LogP contribution in [0.15, 0.2) is 66.7 Å². The number of halogens is 1. The van der Waals surface area contributed by atoms with Crippen LogP contribution in [0.2, 0.25) is 0 Å². The van der Waals surface area contributed by atoms with Crippen LogP contribution >= 0.6 is 0 Å². The molecule has 0 unspecified atom stereocenters. The van der Waals surface area contributed by atoms with Crippen molar-refractivity contribution in [3.05, 3.63) is 89.2 Å². The van der Waals surface area contributed by atoms with Gasteiger partial charge in [-0.1, -0.05) is 12.1 Å². The van der Waals surface area contributed by atoms with Crippen molar-refractivity contribution < 1.29 is 32.9 Å². The number of ether oxygens (including phenoxy) is 4. The van der Waals surface area contributed by atoms with Crippen LogP contribution in [0.5, 0.6) is 23.0 Å². The zero-order valence-electron chi connectivity index (χ0n) is 17.8. The lowest BCUT2D eigenvalue weighted by atomic mass is 10.1. The predicted octanol–water partition coefficient (Wildman–Crippen LogP) is 4.97. The van der Waals surface area contributed by atoms with E-state index in [0.717, 1.165) is 12.1 Å². The number of methoxy groups -OCH3 is 3. The first-order valence-corrected chi connectivity index (χ1v) is 9.55. The van der Waals surface area contributed by atoms with Gasteiger partial charge in [-0.2, -0.15) is 0 Å². The molecule has 164 valence electrons. The van der Waals surface area contributed by atoms with Gasteiger partial charge in [0, 0.05) is 0 Å². The summed E-state index contributed by atoms with van der Waals surface area (Å²) in [6.45, 7) is 0. The molecule has 3 aromatic carbocycles. The van der Waals surface area contributed by atoms with Gasteiger partial charge >= 0.3 is 5.97 Å². The monoisotopic (exact) mass is 436 g/mol. The van der Waals surface area contributed by atoms with E-state index in [2.05, 4.69) is 0 Å².